The summed E-state index contributed by atoms with van der Waals surface area (Å²) >= 11 is 0. The van der Waals surface area contributed by atoms with Crippen molar-refractivity contribution >= 4 is 80.3 Å². The first kappa shape index (κ1) is 57.2. The topological polar surface area (TPSA) is 6.48 Å². The third kappa shape index (κ3) is 10.8. The normalized spacial score (nSPS) is 12.0. The fraction of sp³-hybridized carbons (Fsp3) is 0. The Morgan fingerprint density at radius 2 is 0.426 bits per heavy atom. The Balaban J connectivity index is 0.000000183. The molecule has 0 saturated heterocycles. The highest BCUT2D eigenvalue weighted by molar-refractivity contribution is 7.00. The summed E-state index contributed by atoms with van der Waals surface area (Å²) in [5.74, 6) is 0. The van der Waals surface area contributed by atoms with Gasteiger partial charge in [0, 0.05) is 39.6 Å². The first-order valence-corrected chi connectivity index (χ1v) is 32.6. The molecule has 0 amide bonds. The Bertz CT molecular complexity index is 4690. The molecule has 15 aromatic rings. The van der Waals surface area contributed by atoms with Crippen molar-refractivity contribution < 1.29 is 0 Å². The maximum absolute atomic E-state index is 2.56. The lowest BCUT2D eigenvalue weighted by Crippen LogP contribution is -2.58. The van der Waals surface area contributed by atoms with E-state index in [1.165, 1.54) is 139 Å². The van der Waals surface area contributed by atoms with Gasteiger partial charge in [-0.3, -0.25) is 0 Å². The van der Waals surface area contributed by atoms with E-state index in [-0.39, 0.29) is 13.4 Å². The van der Waals surface area contributed by atoms with Crippen molar-refractivity contribution in [1.82, 2.24) is 0 Å². The van der Waals surface area contributed by atoms with Gasteiger partial charge in [-0.25, -0.2) is 0 Å². The first-order chi connectivity index (χ1) is 46.7. The van der Waals surface area contributed by atoms with Crippen LogP contribution in [0.4, 0.5) is 34.1 Å². The van der Waals surface area contributed by atoms with Gasteiger partial charge < -0.3 is 9.80 Å². The molecule has 0 aliphatic carbocycles. The van der Waals surface area contributed by atoms with Crippen LogP contribution in [0.3, 0.4) is 0 Å². The fourth-order valence-electron chi connectivity index (χ4n) is 14.5. The highest BCUT2D eigenvalue weighted by Crippen LogP contribution is 2.50. The number of nitrogens with zero attached hydrogens (tertiary/aromatic N) is 2. The van der Waals surface area contributed by atoms with Crippen molar-refractivity contribution in [3.8, 4) is 77.9 Å². The van der Waals surface area contributed by atoms with Crippen molar-refractivity contribution in [1.29, 1.82) is 0 Å². The number of fused-ring (bicyclic) bond motifs is 4. The van der Waals surface area contributed by atoms with Crippen molar-refractivity contribution in [3.63, 3.8) is 0 Å². The predicted molar refractivity (Wildman–Crippen MR) is 402 cm³/mol. The SMILES string of the molecule is c1ccc(-c2cc(-c3ccccc3)c(B3c4ccccc4N(c4c(-c5ccccc5)cc(-c5ccccc5)cc4-c4ccccc4)c4ccccc43)c(-c3ccccc3)c2)cc1.c1ccc(-c2ccccc2B2c3ccccc3N(c3ccccc3)c3ccccc32)cc1. The summed E-state index contributed by atoms with van der Waals surface area (Å²) in [6.07, 6.45) is 0. The Morgan fingerprint density at radius 1 is 0.170 bits per heavy atom. The zero-order chi connectivity index (χ0) is 62.6. The quantitative estimate of drug-likeness (QED) is 0.119. The number of anilines is 6. The van der Waals surface area contributed by atoms with Gasteiger partial charge in [-0.05, 0) is 149 Å². The second-order valence-electron chi connectivity index (χ2n) is 24.2. The van der Waals surface area contributed by atoms with E-state index in [2.05, 4.69) is 398 Å². The molecule has 440 valence electrons. The van der Waals surface area contributed by atoms with Crippen LogP contribution in [-0.4, -0.2) is 13.4 Å². The monoisotopic (exact) mass is 1190 g/mol. The van der Waals surface area contributed by atoms with Crippen LogP contribution in [0.15, 0.2) is 388 Å². The van der Waals surface area contributed by atoms with Crippen LogP contribution in [-0.2, 0) is 0 Å². The third-order valence-corrected chi connectivity index (χ3v) is 18.7. The summed E-state index contributed by atoms with van der Waals surface area (Å²) in [6, 6.07) is 141. The molecule has 17 rings (SSSR count). The standard InChI is InChI=1S/C60H42BN.C30H22BN/c1-7-23-43(24-8-1)49-39-51(45-27-11-3-12-28-45)59(52(40-49)46-29-13-4-14-30-46)61-55-35-19-21-37-57(55)62(58-38-22-20-36-56(58)61)60-53(47-31-15-5-16-32-47)41-50(44-25-9-2-10-26-44)42-54(60)48-33-17-6-18-34-48;1-3-13-23(14-4-1)25-17-7-8-18-26(25)31-27-19-9-11-21-29(27)32(24-15-5-2-6-16-24)30-22-12-10-20-28(30)31/h1-42H;1-22H. The van der Waals surface area contributed by atoms with E-state index >= 15 is 0 Å². The minimum Gasteiger partial charge on any atom is -0.312 e. The largest absolute Gasteiger partial charge is 0.312 e. The number of para-hydroxylation sites is 5. The Hall–Kier alpha value is -12.0. The highest BCUT2D eigenvalue weighted by Gasteiger charge is 2.40. The molecule has 0 unspecified atom stereocenters. The van der Waals surface area contributed by atoms with E-state index in [0.717, 1.165) is 5.69 Å². The zero-order valence-electron chi connectivity index (χ0n) is 52.0. The summed E-state index contributed by atoms with van der Waals surface area (Å²) in [6.45, 7) is 0.0802. The summed E-state index contributed by atoms with van der Waals surface area (Å²) in [5, 5.41) is 0. The second kappa shape index (κ2) is 25.7. The summed E-state index contributed by atoms with van der Waals surface area (Å²) in [7, 11) is 0. The van der Waals surface area contributed by atoms with Gasteiger partial charge in [0.15, 0.2) is 0 Å². The third-order valence-electron chi connectivity index (χ3n) is 18.7. The van der Waals surface area contributed by atoms with E-state index in [1.54, 1.807) is 0 Å². The van der Waals surface area contributed by atoms with Gasteiger partial charge in [-0.15, -0.1) is 0 Å². The number of hydrogen-bond acceptors (Lipinski definition) is 2. The van der Waals surface area contributed by atoms with Crippen LogP contribution in [0.25, 0.3) is 77.9 Å². The molecule has 0 N–H and O–H groups in total. The molecule has 0 aromatic heterocycles. The van der Waals surface area contributed by atoms with E-state index in [1.807, 2.05) is 0 Å². The van der Waals surface area contributed by atoms with Crippen molar-refractivity contribution in [3.05, 3.63) is 388 Å². The molecule has 0 saturated carbocycles. The number of hydrogen-bond donors (Lipinski definition) is 0. The van der Waals surface area contributed by atoms with E-state index in [4.69, 9.17) is 0 Å². The van der Waals surface area contributed by atoms with Crippen LogP contribution >= 0.6 is 0 Å². The summed E-state index contributed by atoms with van der Waals surface area (Å²) in [5.41, 5.74) is 31.9. The lowest BCUT2D eigenvalue weighted by Gasteiger charge is -2.40. The molecule has 94 heavy (non-hydrogen) atoms. The van der Waals surface area contributed by atoms with E-state index in [0.29, 0.717) is 0 Å². The zero-order valence-corrected chi connectivity index (χ0v) is 52.0. The van der Waals surface area contributed by atoms with Crippen LogP contribution in [0.1, 0.15) is 0 Å². The van der Waals surface area contributed by atoms with Gasteiger partial charge in [0.05, 0.1) is 5.69 Å². The van der Waals surface area contributed by atoms with Crippen LogP contribution in [0.2, 0.25) is 0 Å². The molecule has 2 aliphatic heterocycles. The molecule has 0 bridgehead atoms. The Morgan fingerprint density at radius 3 is 0.798 bits per heavy atom. The van der Waals surface area contributed by atoms with Gasteiger partial charge in [-0.2, -0.15) is 0 Å². The molecule has 2 heterocycles. The predicted octanol–water partition coefficient (Wildman–Crippen LogP) is 19.6. The van der Waals surface area contributed by atoms with Gasteiger partial charge >= 0.3 is 0 Å². The number of benzene rings is 15. The van der Waals surface area contributed by atoms with Gasteiger partial charge in [0.25, 0.3) is 0 Å². The van der Waals surface area contributed by atoms with Crippen molar-refractivity contribution in [2.24, 2.45) is 0 Å². The molecule has 2 nitrogen and oxygen atoms in total. The first-order valence-electron chi connectivity index (χ1n) is 32.6. The van der Waals surface area contributed by atoms with E-state index in [9.17, 15) is 0 Å². The average molecular weight is 1200 g/mol. The Labute approximate surface area is 552 Å². The fourth-order valence-corrected chi connectivity index (χ4v) is 14.5. The van der Waals surface area contributed by atoms with Gasteiger partial charge in [0.1, 0.15) is 0 Å². The Kier molecular flexibility index (Phi) is 15.7. The molecule has 0 fully saturated rings. The lowest BCUT2D eigenvalue weighted by atomic mass is 9.33. The average Bonchev–Trinajstić information content (AvgIpc) is 0.723. The van der Waals surface area contributed by atoms with Gasteiger partial charge in [0.2, 0.25) is 13.4 Å². The van der Waals surface area contributed by atoms with Crippen molar-refractivity contribution in [2.75, 3.05) is 9.80 Å². The molecule has 0 radical (unpaired) electrons. The molecular formula is C90H64B2N2. The minimum absolute atomic E-state index is 0.0853. The van der Waals surface area contributed by atoms with Crippen LogP contribution < -0.4 is 42.6 Å². The molecule has 0 atom stereocenters. The summed E-state index contributed by atoms with van der Waals surface area (Å²) in [4.78, 5) is 4.95. The second-order valence-corrected chi connectivity index (χ2v) is 24.2. The lowest BCUT2D eigenvalue weighted by molar-refractivity contribution is 1.29. The van der Waals surface area contributed by atoms with Crippen LogP contribution in [0, 0.1) is 0 Å². The number of rotatable bonds is 11. The van der Waals surface area contributed by atoms with E-state index < -0.39 is 0 Å². The molecule has 0 spiro atoms. The van der Waals surface area contributed by atoms with Gasteiger partial charge in [-0.1, -0.05) is 339 Å². The minimum atomic E-state index is -0.0853. The maximum Gasteiger partial charge on any atom is 0.248 e. The molecule has 15 aromatic carbocycles. The highest BCUT2D eigenvalue weighted by atomic mass is 15.2. The molecule has 2 aliphatic rings. The molecular weight excluding hydrogens is 1130 g/mol. The maximum atomic E-state index is 2.56. The van der Waals surface area contributed by atoms with Crippen LogP contribution in [0.5, 0.6) is 0 Å². The summed E-state index contributed by atoms with van der Waals surface area (Å²) < 4.78 is 0. The smallest absolute Gasteiger partial charge is 0.248 e. The molecule has 4 heteroatoms. The van der Waals surface area contributed by atoms with Crippen molar-refractivity contribution in [2.45, 2.75) is 0 Å².